The number of amides is 2. The highest BCUT2D eigenvalue weighted by molar-refractivity contribution is 6.33. The number of hydrogen-bond donors (Lipinski definition) is 2. The molecule has 2 amide bonds. The average Bonchev–Trinajstić information content (AvgIpc) is 3.20. The van der Waals surface area contributed by atoms with Crippen LogP contribution in [-0.4, -0.2) is 34.4 Å². The Kier molecular flexibility index (Phi) is 4.54. The van der Waals surface area contributed by atoms with Gasteiger partial charge in [-0.3, -0.25) is 9.59 Å². The molecule has 1 aliphatic rings. The smallest absolute Gasteiger partial charge is 0.272 e. The van der Waals surface area contributed by atoms with Gasteiger partial charge in [-0.05, 0) is 12.8 Å². The molecular formula is C13H17ClN4O2. The van der Waals surface area contributed by atoms with Crippen molar-refractivity contribution < 1.29 is 9.59 Å². The van der Waals surface area contributed by atoms with Crippen LogP contribution < -0.4 is 10.6 Å². The lowest BCUT2D eigenvalue weighted by molar-refractivity contribution is -0.120. The molecule has 0 aliphatic heterocycles. The number of carbonyl (C=O) groups excluding carboxylic acids is 2. The number of hydrogen-bond acceptors (Lipinski definition) is 4. The minimum absolute atomic E-state index is 0.0767. The maximum absolute atomic E-state index is 12.0. The highest BCUT2D eigenvalue weighted by Crippen LogP contribution is 2.18. The van der Waals surface area contributed by atoms with Gasteiger partial charge in [-0.2, -0.15) is 0 Å². The summed E-state index contributed by atoms with van der Waals surface area (Å²) >= 11 is 5.92. The lowest BCUT2D eigenvalue weighted by atomic mass is 10.2. The predicted molar refractivity (Wildman–Crippen MR) is 74.6 cm³/mol. The van der Waals surface area contributed by atoms with Gasteiger partial charge in [0, 0.05) is 12.0 Å². The van der Waals surface area contributed by atoms with Gasteiger partial charge in [0.05, 0.1) is 17.8 Å². The molecule has 1 fully saturated rings. The highest BCUT2D eigenvalue weighted by Gasteiger charge is 2.23. The van der Waals surface area contributed by atoms with E-state index >= 15 is 0 Å². The molecule has 1 heterocycles. The fourth-order valence-corrected chi connectivity index (χ4v) is 1.75. The van der Waals surface area contributed by atoms with E-state index in [9.17, 15) is 9.59 Å². The number of nitrogens with one attached hydrogen (secondary N) is 2. The summed E-state index contributed by atoms with van der Waals surface area (Å²) in [6.45, 7) is 3.77. The van der Waals surface area contributed by atoms with Gasteiger partial charge in [-0.15, -0.1) is 0 Å². The molecule has 1 saturated carbocycles. The highest BCUT2D eigenvalue weighted by atomic mass is 35.5. The lowest BCUT2D eigenvalue weighted by Gasteiger charge is -2.09. The largest absolute Gasteiger partial charge is 0.352 e. The first-order valence-electron chi connectivity index (χ1n) is 6.57. The third kappa shape index (κ3) is 3.90. The van der Waals surface area contributed by atoms with Crippen molar-refractivity contribution in [3.05, 3.63) is 22.7 Å². The van der Waals surface area contributed by atoms with E-state index in [4.69, 9.17) is 11.6 Å². The Morgan fingerprint density at radius 1 is 1.45 bits per heavy atom. The van der Waals surface area contributed by atoms with Gasteiger partial charge in [-0.1, -0.05) is 25.4 Å². The molecule has 20 heavy (non-hydrogen) atoms. The molecule has 6 nitrogen and oxygen atoms in total. The summed E-state index contributed by atoms with van der Waals surface area (Å²) < 4.78 is 0. The second-order valence-electron chi connectivity index (χ2n) is 5.10. The minimum Gasteiger partial charge on any atom is -0.352 e. The maximum atomic E-state index is 12.0. The summed E-state index contributed by atoms with van der Waals surface area (Å²) in [5.41, 5.74) is 0.101. The van der Waals surface area contributed by atoms with E-state index in [1.165, 1.54) is 6.20 Å². The topological polar surface area (TPSA) is 84.0 Å². The van der Waals surface area contributed by atoms with Crippen LogP contribution in [0.15, 0.2) is 6.20 Å². The zero-order valence-corrected chi connectivity index (χ0v) is 12.2. The Labute approximate surface area is 122 Å². The lowest BCUT2D eigenvalue weighted by Crippen LogP contribution is -2.38. The predicted octanol–water partition coefficient (Wildman–Crippen LogP) is 1.26. The quantitative estimate of drug-likeness (QED) is 0.857. The molecule has 108 valence electrons. The van der Waals surface area contributed by atoms with Gasteiger partial charge < -0.3 is 10.6 Å². The summed E-state index contributed by atoms with van der Waals surface area (Å²) in [6.07, 6.45) is 3.42. The van der Waals surface area contributed by atoms with Crippen molar-refractivity contribution in [2.45, 2.75) is 38.6 Å². The molecule has 0 bridgehead atoms. The van der Waals surface area contributed by atoms with Crippen LogP contribution in [0.2, 0.25) is 5.02 Å². The fourth-order valence-electron chi connectivity index (χ4n) is 1.57. The van der Waals surface area contributed by atoms with E-state index in [0.29, 0.717) is 5.82 Å². The number of rotatable bonds is 5. The van der Waals surface area contributed by atoms with Crippen LogP contribution in [0.4, 0.5) is 0 Å². The monoisotopic (exact) mass is 296 g/mol. The molecular weight excluding hydrogens is 280 g/mol. The second kappa shape index (κ2) is 6.17. The summed E-state index contributed by atoms with van der Waals surface area (Å²) in [4.78, 5) is 31.7. The van der Waals surface area contributed by atoms with Gasteiger partial charge in [0.25, 0.3) is 5.91 Å². The van der Waals surface area contributed by atoms with Crippen molar-refractivity contribution in [2.24, 2.45) is 0 Å². The van der Waals surface area contributed by atoms with Crippen molar-refractivity contribution in [3.8, 4) is 0 Å². The number of aromatic nitrogens is 2. The first kappa shape index (κ1) is 14.7. The van der Waals surface area contributed by atoms with E-state index in [1.54, 1.807) is 0 Å². The molecule has 2 N–H and O–H groups in total. The molecule has 0 saturated heterocycles. The minimum atomic E-state index is -0.467. The average molecular weight is 297 g/mol. The van der Waals surface area contributed by atoms with Crippen molar-refractivity contribution >= 4 is 23.4 Å². The van der Waals surface area contributed by atoms with Crippen LogP contribution in [0, 0.1) is 0 Å². The summed E-state index contributed by atoms with van der Waals surface area (Å²) in [6, 6.07) is 0.273. The number of nitrogens with zero attached hydrogens (tertiary/aromatic N) is 2. The molecule has 1 aromatic rings. The van der Waals surface area contributed by atoms with Gasteiger partial charge in [0.15, 0.2) is 0 Å². The van der Waals surface area contributed by atoms with Crippen molar-refractivity contribution in [3.63, 3.8) is 0 Å². The van der Waals surface area contributed by atoms with E-state index in [1.807, 2.05) is 13.8 Å². The molecule has 7 heteroatoms. The molecule has 0 spiro atoms. The molecule has 0 radical (unpaired) electrons. The molecule has 1 aliphatic carbocycles. The summed E-state index contributed by atoms with van der Waals surface area (Å²) in [5.74, 6) is -0.0284. The molecule has 0 atom stereocenters. The first-order chi connectivity index (χ1) is 9.47. The van der Waals surface area contributed by atoms with E-state index in [0.717, 1.165) is 12.8 Å². The molecule has 0 unspecified atom stereocenters. The molecule has 1 aromatic heterocycles. The number of carbonyl (C=O) groups is 2. The van der Waals surface area contributed by atoms with Crippen molar-refractivity contribution in [2.75, 3.05) is 6.54 Å². The van der Waals surface area contributed by atoms with Crippen LogP contribution in [0.5, 0.6) is 0 Å². The SMILES string of the molecule is CC(C)c1ncc(Cl)c(C(=O)NCC(=O)NC2CC2)n1. The standard InChI is InChI=1S/C13H17ClN4O2/c1-7(2)12-15-5-9(14)11(18-12)13(20)16-6-10(19)17-8-3-4-8/h5,7-8H,3-4,6H2,1-2H3,(H,16,20)(H,17,19). The Bertz CT molecular complexity index is 529. The second-order valence-corrected chi connectivity index (χ2v) is 5.51. The van der Waals surface area contributed by atoms with Gasteiger partial charge >= 0.3 is 0 Å². The van der Waals surface area contributed by atoms with Crippen LogP contribution in [-0.2, 0) is 4.79 Å². The zero-order chi connectivity index (χ0) is 14.7. The van der Waals surface area contributed by atoms with E-state index in [-0.39, 0.29) is 35.1 Å². The maximum Gasteiger partial charge on any atom is 0.272 e. The summed E-state index contributed by atoms with van der Waals surface area (Å²) in [5, 5.41) is 5.47. The molecule has 0 aromatic carbocycles. The normalized spacial score (nSPS) is 14.2. The van der Waals surface area contributed by atoms with Gasteiger partial charge in [-0.25, -0.2) is 9.97 Å². The van der Waals surface area contributed by atoms with Gasteiger partial charge in [0.2, 0.25) is 5.91 Å². The zero-order valence-electron chi connectivity index (χ0n) is 11.4. The Hall–Kier alpha value is -1.69. The first-order valence-corrected chi connectivity index (χ1v) is 6.95. The summed E-state index contributed by atoms with van der Waals surface area (Å²) in [7, 11) is 0. The van der Waals surface area contributed by atoms with Crippen LogP contribution in [0.3, 0.4) is 0 Å². The van der Waals surface area contributed by atoms with Crippen LogP contribution >= 0.6 is 11.6 Å². The third-order valence-electron chi connectivity index (χ3n) is 2.85. The van der Waals surface area contributed by atoms with Crippen molar-refractivity contribution in [1.29, 1.82) is 0 Å². The molecule has 2 rings (SSSR count). The Morgan fingerprint density at radius 3 is 2.75 bits per heavy atom. The fraction of sp³-hybridized carbons (Fsp3) is 0.538. The van der Waals surface area contributed by atoms with Crippen molar-refractivity contribution in [1.82, 2.24) is 20.6 Å². The van der Waals surface area contributed by atoms with E-state index in [2.05, 4.69) is 20.6 Å². The Balaban J connectivity index is 1.96. The van der Waals surface area contributed by atoms with Gasteiger partial charge in [0.1, 0.15) is 11.5 Å². The third-order valence-corrected chi connectivity index (χ3v) is 3.12. The van der Waals surface area contributed by atoms with E-state index < -0.39 is 5.91 Å². The number of halogens is 1. The Morgan fingerprint density at radius 2 is 2.15 bits per heavy atom. The van der Waals surface area contributed by atoms with Crippen LogP contribution in [0.25, 0.3) is 0 Å². The van der Waals surface area contributed by atoms with Crippen LogP contribution in [0.1, 0.15) is 48.9 Å².